The number of rotatable bonds is 2. The zero-order chi connectivity index (χ0) is 13.1. The predicted molar refractivity (Wildman–Crippen MR) is 72.7 cm³/mol. The molecule has 2 heterocycles. The lowest BCUT2D eigenvalue weighted by atomic mass is 9.91. The molecule has 1 N–H and O–H groups in total. The molecule has 4 nitrogen and oxygen atoms in total. The van der Waals surface area contributed by atoms with Crippen molar-refractivity contribution in [3.63, 3.8) is 0 Å². The van der Waals surface area contributed by atoms with Gasteiger partial charge < -0.3 is 10.2 Å². The molecule has 1 fully saturated rings. The Hall–Kier alpha value is -1.58. The lowest BCUT2D eigenvalue weighted by Crippen LogP contribution is -2.46. The summed E-state index contributed by atoms with van der Waals surface area (Å²) >= 11 is 0. The fraction of sp³-hybridized carbons (Fsp3) is 0.571. The number of anilines is 1. The van der Waals surface area contributed by atoms with Crippen molar-refractivity contribution in [2.24, 2.45) is 5.92 Å². The Labute approximate surface area is 108 Å². The molecule has 0 bridgehead atoms. The summed E-state index contributed by atoms with van der Waals surface area (Å²) in [5, 5.41) is 3.03. The van der Waals surface area contributed by atoms with Crippen LogP contribution in [-0.2, 0) is 0 Å². The van der Waals surface area contributed by atoms with Crippen molar-refractivity contribution in [1.82, 2.24) is 9.88 Å². The number of likely N-dealkylation sites (tertiary alicyclic amines) is 1. The van der Waals surface area contributed by atoms with E-state index in [0.717, 1.165) is 18.7 Å². The summed E-state index contributed by atoms with van der Waals surface area (Å²) in [7, 11) is 1.82. The average Bonchev–Trinajstić information content (AvgIpc) is 2.41. The Morgan fingerprint density at radius 2 is 2.28 bits per heavy atom. The molecule has 0 saturated carbocycles. The maximum Gasteiger partial charge on any atom is 0.256 e. The molecule has 4 heteroatoms. The molecule has 98 valence electrons. The minimum absolute atomic E-state index is 0.112. The van der Waals surface area contributed by atoms with Crippen LogP contribution < -0.4 is 5.32 Å². The van der Waals surface area contributed by atoms with E-state index in [0.29, 0.717) is 17.5 Å². The number of carbonyl (C=O) groups excluding carboxylic acids is 1. The maximum absolute atomic E-state index is 12.6. The molecular weight excluding hydrogens is 226 g/mol. The zero-order valence-electron chi connectivity index (χ0n) is 11.3. The minimum Gasteiger partial charge on any atom is -0.386 e. The van der Waals surface area contributed by atoms with Crippen LogP contribution in [0.1, 0.15) is 37.0 Å². The lowest BCUT2D eigenvalue weighted by Gasteiger charge is -2.38. The van der Waals surface area contributed by atoms with E-state index in [1.165, 1.54) is 6.42 Å². The molecule has 18 heavy (non-hydrogen) atoms. The highest BCUT2D eigenvalue weighted by molar-refractivity contribution is 5.99. The molecule has 2 unspecified atom stereocenters. The van der Waals surface area contributed by atoms with Gasteiger partial charge in [-0.25, -0.2) is 0 Å². The fourth-order valence-corrected chi connectivity index (χ4v) is 2.56. The minimum atomic E-state index is 0.112. The molecule has 1 saturated heterocycles. The quantitative estimate of drug-likeness (QED) is 0.872. The third kappa shape index (κ3) is 2.33. The standard InChI is InChI=1S/C14H21N3O/c1-10-5-4-8-17(11(10)2)14(18)12-6-7-16-9-13(12)15-3/h6-7,9-11,15H,4-5,8H2,1-3H3. The van der Waals surface area contributed by atoms with Gasteiger partial charge in [-0.2, -0.15) is 0 Å². The summed E-state index contributed by atoms with van der Waals surface area (Å²) in [6.45, 7) is 5.22. The highest BCUT2D eigenvalue weighted by atomic mass is 16.2. The second-order valence-electron chi connectivity index (χ2n) is 5.03. The first-order valence-electron chi connectivity index (χ1n) is 6.58. The number of piperidine rings is 1. The van der Waals surface area contributed by atoms with Crippen molar-refractivity contribution in [2.45, 2.75) is 32.7 Å². The molecule has 0 spiro atoms. The van der Waals surface area contributed by atoms with Crippen molar-refractivity contribution in [2.75, 3.05) is 18.9 Å². The molecule has 1 aromatic rings. The monoisotopic (exact) mass is 247 g/mol. The van der Waals surface area contributed by atoms with E-state index in [1.54, 1.807) is 18.5 Å². The van der Waals surface area contributed by atoms with Crippen LogP contribution in [-0.4, -0.2) is 35.4 Å². The number of nitrogens with one attached hydrogen (secondary N) is 1. The largest absolute Gasteiger partial charge is 0.386 e. The molecule has 0 radical (unpaired) electrons. The van der Waals surface area contributed by atoms with E-state index < -0.39 is 0 Å². The van der Waals surface area contributed by atoms with Crippen LogP contribution in [0.4, 0.5) is 5.69 Å². The smallest absolute Gasteiger partial charge is 0.256 e. The van der Waals surface area contributed by atoms with Gasteiger partial charge >= 0.3 is 0 Å². The number of nitrogens with zero attached hydrogens (tertiary/aromatic N) is 2. The SMILES string of the molecule is CNc1cnccc1C(=O)N1CCCC(C)C1C. The Morgan fingerprint density at radius 3 is 3.00 bits per heavy atom. The molecule has 0 aromatic carbocycles. The van der Waals surface area contributed by atoms with Crippen LogP contribution in [0.25, 0.3) is 0 Å². The van der Waals surface area contributed by atoms with E-state index in [-0.39, 0.29) is 5.91 Å². The van der Waals surface area contributed by atoms with Crippen LogP contribution in [0.3, 0.4) is 0 Å². The molecule has 1 aromatic heterocycles. The average molecular weight is 247 g/mol. The van der Waals surface area contributed by atoms with E-state index >= 15 is 0 Å². The van der Waals surface area contributed by atoms with Gasteiger partial charge in [-0.1, -0.05) is 6.92 Å². The summed E-state index contributed by atoms with van der Waals surface area (Å²) in [5.74, 6) is 0.684. The Bertz CT molecular complexity index is 433. The maximum atomic E-state index is 12.6. The zero-order valence-corrected chi connectivity index (χ0v) is 11.3. The molecule has 2 rings (SSSR count). The van der Waals surface area contributed by atoms with E-state index in [2.05, 4.69) is 24.1 Å². The Balaban J connectivity index is 2.25. The number of hydrogen-bond acceptors (Lipinski definition) is 3. The van der Waals surface area contributed by atoms with Gasteiger partial charge in [0.15, 0.2) is 0 Å². The first-order valence-corrected chi connectivity index (χ1v) is 6.58. The molecule has 1 aliphatic rings. The fourth-order valence-electron chi connectivity index (χ4n) is 2.56. The van der Waals surface area contributed by atoms with E-state index in [4.69, 9.17) is 0 Å². The van der Waals surface area contributed by atoms with Crippen molar-refractivity contribution in [3.8, 4) is 0 Å². The Kier molecular flexibility index (Phi) is 3.84. The van der Waals surface area contributed by atoms with Gasteiger partial charge in [0, 0.05) is 25.8 Å². The number of pyridine rings is 1. The molecule has 1 aliphatic heterocycles. The normalized spacial score (nSPS) is 23.8. The second-order valence-corrected chi connectivity index (χ2v) is 5.03. The summed E-state index contributed by atoms with van der Waals surface area (Å²) in [5.41, 5.74) is 1.52. The van der Waals surface area contributed by atoms with Crippen molar-refractivity contribution in [1.29, 1.82) is 0 Å². The summed E-state index contributed by atoms with van der Waals surface area (Å²) in [6.07, 6.45) is 5.68. The highest BCUT2D eigenvalue weighted by Gasteiger charge is 2.29. The summed E-state index contributed by atoms with van der Waals surface area (Å²) in [4.78, 5) is 18.6. The van der Waals surface area contributed by atoms with Crippen molar-refractivity contribution < 1.29 is 4.79 Å². The number of hydrogen-bond donors (Lipinski definition) is 1. The first-order chi connectivity index (χ1) is 8.65. The second kappa shape index (κ2) is 5.38. The molecule has 2 atom stereocenters. The topological polar surface area (TPSA) is 45.2 Å². The first kappa shape index (κ1) is 12.9. The summed E-state index contributed by atoms with van der Waals surface area (Å²) < 4.78 is 0. The third-order valence-electron chi connectivity index (χ3n) is 3.96. The third-order valence-corrected chi connectivity index (χ3v) is 3.96. The van der Waals surface area contributed by atoms with E-state index in [1.807, 2.05) is 11.9 Å². The van der Waals surface area contributed by atoms with Gasteiger partial charge in [0.05, 0.1) is 17.4 Å². The van der Waals surface area contributed by atoms with Crippen LogP contribution in [0.2, 0.25) is 0 Å². The molecule has 0 aliphatic carbocycles. The number of carbonyl (C=O) groups is 1. The number of aromatic nitrogens is 1. The van der Waals surface area contributed by atoms with Gasteiger partial charge in [-0.05, 0) is 31.7 Å². The molecular formula is C14H21N3O. The van der Waals surface area contributed by atoms with Crippen LogP contribution in [0.15, 0.2) is 18.5 Å². The van der Waals surface area contributed by atoms with Gasteiger partial charge in [0.1, 0.15) is 0 Å². The van der Waals surface area contributed by atoms with Crippen LogP contribution in [0.5, 0.6) is 0 Å². The summed E-state index contributed by atoms with van der Waals surface area (Å²) in [6, 6.07) is 2.10. The van der Waals surface area contributed by atoms with Gasteiger partial charge in [0.2, 0.25) is 0 Å². The van der Waals surface area contributed by atoms with E-state index in [9.17, 15) is 4.79 Å². The number of amides is 1. The molecule has 1 amide bonds. The van der Waals surface area contributed by atoms with Crippen LogP contribution in [0, 0.1) is 5.92 Å². The lowest BCUT2D eigenvalue weighted by molar-refractivity contribution is 0.0552. The van der Waals surface area contributed by atoms with Gasteiger partial charge in [-0.3, -0.25) is 9.78 Å². The van der Waals surface area contributed by atoms with Crippen LogP contribution >= 0.6 is 0 Å². The Morgan fingerprint density at radius 1 is 1.50 bits per heavy atom. The van der Waals surface area contributed by atoms with Crippen molar-refractivity contribution >= 4 is 11.6 Å². The van der Waals surface area contributed by atoms with Gasteiger partial charge in [0.25, 0.3) is 5.91 Å². The highest BCUT2D eigenvalue weighted by Crippen LogP contribution is 2.26. The van der Waals surface area contributed by atoms with Gasteiger partial charge in [-0.15, -0.1) is 0 Å². The predicted octanol–water partition coefficient (Wildman–Crippen LogP) is 2.38. The van der Waals surface area contributed by atoms with Crippen molar-refractivity contribution in [3.05, 3.63) is 24.0 Å².